The summed E-state index contributed by atoms with van der Waals surface area (Å²) in [7, 11) is 0. The summed E-state index contributed by atoms with van der Waals surface area (Å²) >= 11 is 0. The number of aromatic nitrogens is 2. The fraction of sp³-hybridized carbons (Fsp3) is 0.286. The van der Waals surface area contributed by atoms with Crippen LogP contribution in [0, 0.1) is 0 Å². The van der Waals surface area contributed by atoms with E-state index in [1.54, 1.807) is 0 Å². The average molecular weight is 467 g/mol. The Labute approximate surface area is 203 Å². The summed E-state index contributed by atoms with van der Waals surface area (Å²) in [6, 6.07) is 18.6. The number of pyridine rings is 1. The molecule has 2 N–H and O–H groups in total. The molecule has 1 spiro atoms. The highest BCUT2D eigenvalue weighted by Gasteiger charge is 2.43. The van der Waals surface area contributed by atoms with Gasteiger partial charge in [0.05, 0.1) is 23.4 Å². The minimum atomic E-state index is -0.252. The highest BCUT2D eigenvalue weighted by Crippen LogP contribution is 2.44. The molecule has 1 saturated heterocycles. The average Bonchev–Trinajstić information content (AvgIpc) is 3.51. The van der Waals surface area contributed by atoms with E-state index in [1.807, 2.05) is 29.3 Å². The van der Waals surface area contributed by atoms with E-state index in [0.717, 1.165) is 47.1 Å². The molecule has 3 aliphatic heterocycles. The van der Waals surface area contributed by atoms with Crippen LogP contribution in [0.15, 0.2) is 60.8 Å². The van der Waals surface area contributed by atoms with E-state index in [0.29, 0.717) is 37.9 Å². The fourth-order valence-corrected chi connectivity index (χ4v) is 5.73. The van der Waals surface area contributed by atoms with Gasteiger partial charge >= 0.3 is 0 Å². The number of para-hydroxylation sites is 1. The molecule has 176 valence electrons. The van der Waals surface area contributed by atoms with Crippen LogP contribution in [0.4, 0.5) is 5.69 Å². The topological polar surface area (TPSA) is 79.5 Å². The van der Waals surface area contributed by atoms with Crippen LogP contribution < -0.4 is 10.1 Å². The predicted molar refractivity (Wildman–Crippen MR) is 134 cm³/mol. The van der Waals surface area contributed by atoms with Crippen molar-refractivity contribution in [1.82, 2.24) is 14.9 Å². The number of fused-ring (bicyclic) bond motifs is 4. The smallest absolute Gasteiger partial charge is 0.270 e. The molecule has 2 aromatic heterocycles. The fourth-order valence-electron chi connectivity index (χ4n) is 5.73. The van der Waals surface area contributed by atoms with Crippen LogP contribution in [0.3, 0.4) is 0 Å². The molecule has 0 radical (unpaired) electrons. The van der Waals surface area contributed by atoms with E-state index < -0.39 is 0 Å². The highest BCUT2D eigenvalue weighted by molar-refractivity contribution is 6.02. The van der Waals surface area contributed by atoms with Crippen molar-refractivity contribution in [2.45, 2.75) is 25.0 Å². The van der Waals surface area contributed by atoms with Gasteiger partial charge in [-0.15, -0.1) is 0 Å². The first-order valence-corrected chi connectivity index (χ1v) is 12.2. The van der Waals surface area contributed by atoms with Crippen LogP contribution in [0.25, 0.3) is 22.0 Å². The first kappa shape index (κ1) is 20.5. The molecule has 1 fully saturated rings. The maximum absolute atomic E-state index is 13.5. The number of benzene rings is 2. The molecule has 4 aromatic rings. The summed E-state index contributed by atoms with van der Waals surface area (Å²) in [6.07, 6.45) is 3.46. The Balaban J connectivity index is 1.15. The number of H-pyrrole nitrogens is 1. The van der Waals surface area contributed by atoms with Crippen molar-refractivity contribution in [2.75, 3.05) is 31.6 Å². The van der Waals surface area contributed by atoms with Gasteiger partial charge in [0.2, 0.25) is 5.88 Å². The van der Waals surface area contributed by atoms with Gasteiger partial charge in [0, 0.05) is 42.3 Å². The summed E-state index contributed by atoms with van der Waals surface area (Å²) < 4.78 is 11.9. The van der Waals surface area contributed by atoms with Crippen LogP contribution in [-0.2, 0) is 16.9 Å². The molecule has 1 amide bonds. The maximum atomic E-state index is 13.5. The largest absolute Gasteiger partial charge is 0.474 e. The third-order valence-electron chi connectivity index (χ3n) is 7.58. The number of anilines is 1. The zero-order valence-corrected chi connectivity index (χ0v) is 19.3. The SMILES string of the molecule is O=C(c1cc2cccc(-c3cnc4c(c3)NCCO4)c2[nH]1)N1CCC2(CC1)OCc1ccccc12. The molecule has 7 heteroatoms. The van der Waals surface area contributed by atoms with Gasteiger partial charge in [-0.2, -0.15) is 0 Å². The highest BCUT2D eigenvalue weighted by atomic mass is 16.5. The third kappa shape index (κ3) is 3.30. The van der Waals surface area contributed by atoms with Gasteiger partial charge < -0.3 is 24.7 Å². The lowest BCUT2D eigenvalue weighted by atomic mass is 9.84. The quantitative estimate of drug-likeness (QED) is 0.448. The molecule has 7 nitrogen and oxygen atoms in total. The van der Waals surface area contributed by atoms with Crippen molar-refractivity contribution in [3.05, 3.63) is 77.6 Å². The Morgan fingerprint density at radius 1 is 1.06 bits per heavy atom. The molecule has 5 heterocycles. The Morgan fingerprint density at radius 2 is 1.94 bits per heavy atom. The monoisotopic (exact) mass is 466 g/mol. The molecule has 0 aliphatic carbocycles. The summed E-state index contributed by atoms with van der Waals surface area (Å²) in [5, 5.41) is 4.35. The Kier molecular flexibility index (Phi) is 4.60. The normalized spacial score (nSPS) is 18.1. The predicted octanol–water partition coefficient (Wildman–Crippen LogP) is 4.70. The molecular weight excluding hydrogens is 440 g/mol. The molecular formula is C28H26N4O3. The van der Waals surface area contributed by atoms with E-state index in [1.165, 1.54) is 11.1 Å². The number of nitrogens with zero attached hydrogens (tertiary/aromatic N) is 2. The maximum Gasteiger partial charge on any atom is 0.270 e. The van der Waals surface area contributed by atoms with Gasteiger partial charge in [-0.05, 0) is 36.1 Å². The number of ether oxygens (including phenoxy) is 2. The van der Waals surface area contributed by atoms with Crippen molar-refractivity contribution in [2.24, 2.45) is 0 Å². The third-order valence-corrected chi connectivity index (χ3v) is 7.58. The molecule has 35 heavy (non-hydrogen) atoms. The van der Waals surface area contributed by atoms with Crippen molar-refractivity contribution >= 4 is 22.5 Å². The number of carbonyl (C=O) groups is 1. The van der Waals surface area contributed by atoms with E-state index in [-0.39, 0.29) is 11.5 Å². The number of nitrogens with one attached hydrogen (secondary N) is 2. The zero-order chi connectivity index (χ0) is 23.4. The van der Waals surface area contributed by atoms with Crippen molar-refractivity contribution in [3.8, 4) is 17.0 Å². The first-order chi connectivity index (χ1) is 17.2. The van der Waals surface area contributed by atoms with Crippen LogP contribution in [0.1, 0.15) is 34.5 Å². The second kappa shape index (κ2) is 7.85. The van der Waals surface area contributed by atoms with E-state index in [4.69, 9.17) is 9.47 Å². The molecule has 0 atom stereocenters. The minimum Gasteiger partial charge on any atom is -0.474 e. The lowest BCUT2D eigenvalue weighted by Gasteiger charge is -2.39. The van der Waals surface area contributed by atoms with Gasteiger partial charge in [-0.25, -0.2) is 4.98 Å². The van der Waals surface area contributed by atoms with Crippen LogP contribution in [0.5, 0.6) is 5.88 Å². The Hall–Kier alpha value is -3.84. The van der Waals surface area contributed by atoms with Gasteiger partial charge in [-0.3, -0.25) is 4.79 Å². The number of hydrogen-bond donors (Lipinski definition) is 2. The molecule has 3 aliphatic rings. The van der Waals surface area contributed by atoms with Gasteiger partial charge in [0.1, 0.15) is 12.3 Å². The molecule has 2 aromatic carbocycles. The van der Waals surface area contributed by atoms with Crippen LogP contribution in [0.2, 0.25) is 0 Å². The van der Waals surface area contributed by atoms with E-state index >= 15 is 0 Å². The summed E-state index contributed by atoms with van der Waals surface area (Å²) in [4.78, 5) is 23.3. The Morgan fingerprint density at radius 3 is 2.86 bits per heavy atom. The number of rotatable bonds is 2. The van der Waals surface area contributed by atoms with E-state index in [9.17, 15) is 4.79 Å². The van der Waals surface area contributed by atoms with E-state index in [2.05, 4.69) is 51.7 Å². The Bertz CT molecular complexity index is 1450. The summed E-state index contributed by atoms with van der Waals surface area (Å²) in [6.45, 7) is 3.39. The number of aromatic amines is 1. The number of likely N-dealkylation sites (tertiary alicyclic amines) is 1. The lowest BCUT2D eigenvalue weighted by molar-refractivity contribution is -0.0742. The van der Waals surface area contributed by atoms with Gasteiger partial charge in [0.15, 0.2) is 0 Å². The summed E-state index contributed by atoms with van der Waals surface area (Å²) in [5.41, 5.74) is 6.75. The van der Waals surface area contributed by atoms with Gasteiger partial charge in [0.25, 0.3) is 5.91 Å². The van der Waals surface area contributed by atoms with Gasteiger partial charge in [-0.1, -0.05) is 42.5 Å². The van der Waals surface area contributed by atoms with Crippen molar-refractivity contribution in [3.63, 3.8) is 0 Å². The van der Waals surface area contributed by atoms with Crippen molar-refractivity contribution < 1.29 is 14.3 Å². The second-order valence-electron chi connectivity index (χ2n) is 9.54. The number of piperidine rings is 1. The zero-order valence-electron chi connectivity index (χ0n) is 19.3. The summed E-state index contributed by atoms with van der Waals surface area (Å²) in [5.74, 6) is 0.665. The molecule has 7 rings (SSSR count). The standard InChI is InChI=1S/C28H26N4O3/c33-27(32-11-8-28(9-12-32)22-7-2-1-4-19(22)17-35-28)24-14-18-5-3-6-21(25(18)31-24)20-15-23-26(30-16-20)34-13-10-29-23/h1-7,14-16,29,31H,8-13,17H2. The number of carbonyl (C=O) groups excluding carboxylic acids is 1. The number of amides is 1. The molecule has 0 saturated carbocycles. The van der Waals surface area contributed by atoms with Crippen molar-refractivity contribution in [1.29, 1.82) is 0 Å². The molecule has 0 bridgehead atoms. The van der Waals surface area contributed by atoms with Crippen LogP contribution >= 0.6 is 0 Å². The first-order valence-electron chi connectivity index (χ1n) is 12.2. The minimum absolute atomic E-state index is 0.0342. The second-order valence-corrected chi connectivity index (χ2v) is 9.54. The lowest BCUT2D eigenvalue weighted by Crippen LogP contribution is -2.45. The van der Waals surface area contributed by atoms with Crippen LogP contribution in [-0.4, -0.2) is 47.0 Å². The molecule has 0 unspecified atom stereocenters. The number of hydrogen-bond acceptors (Lipinski definition) is 5.